The molecule has 0 saturated carbocycles. The van der Waals surface area contributed by atoms with Crippen LogP contribution in [0.2, 0.25) is 0 Å². The van der Waals surface area contributed by atoms with E-state index < -0.39 is 0 Å². The highest BCUT2D eigenvalue weighted by atomic mass is 16.5. The van der Waals surface area contributed by atoms with Gasteiger partial charge in [0.05, 0.1) is 0 Å². The van der Waals surface area contributed by atoms with Gasteiger partial charge in [-0.25, -0.2) is 4.98 Å². The van der Waals surface area contributed by atoms with E-state index in [2.05, 4.69) is 37.8 Å². The molecule has 21 heavy (non-hydrogen) atoms. The molecular formula is C15H23N5O. The van der Waals surface area contributed by atoms with Crippen LogP contribution >= 0.6 is 0 Å². The van der Waals surface area contributed by atoms with Crippen LogP contribution in [0.5, 0.6) is 0 Å². The molecule has 1 atom stereocenters. The number of hydrogen-bond donors (Lipinski definition) is 0. The van der Waals surface area contributed by atoms with Crippen molar-refractivity contribution in [3.05, 3.63) is 29.9 Å². The lowest BCUT2D eigenvalue weighted by molar-refractivity contribution is 0.230. The molecule has 6 nitrogen and oxygen atoms in total. The number of aryl methyl sites for hydroxylation is 3. The van der Waals surface area contributed by atoms with Crippen LogP contribution in [-0.4, -0.2) is 44.7 Å². The van der Waals surface area contributed by atoms with E-state index in [0.717, 1.165) is 56.5 Å². The highest BCUT2D eigenvalue weighted by molar-refractivity contribution is 4.97. The van der Waals surface area contributed by atoms with Crippen LogP contribution in [0.1, 0.15) is 30.4 Å². The van der Waals surface area contributed by atoms with E-state index in [0.29, 0.717) is 0 Å². The van der Waals surface area contributed by atoms with Gasteiger partial charge in [0.25, 0.3) is 0 Å². The second-order valence-corrected chi connectivity index (χ2v) is 6.00. The Bertz CT molecular complexity index is 576. The molecule has 2 aromatic rings. The summed E-state index contributed by atoms with van der Waals surface area (Å²) in [5.74, 6) is 3.43. The van der Waals surface area contributed by atoms with Crippen molar-refractivity contribution in [2.75, 3.05) is 20.1 Å². The van der Waals surface area contributed by atoms with E-state index in [1.165, 1.54) is 12.2 Å². The average Bonchev–Trinajstić information content (AvgIpc) is 3.07. The molecule has 0 unspecified atom stereocenters. The van der Waals surface area contributed by atoms with Gasteiger partial charge in [-0.2, -0.15) is 4.98 Å². The van der Waals surface area contributed by atoms with Crippen molar-refractivity contribution < 1.29 is 4.52 Å². The van der Waals surface area contributed by atoms with Crippen molar-refractivity contribution in [2.45, 2.75) is 39.2 Å². The van der Waals surface area contributed by atoms with Crippen LogP contribution in [0, 0.1) is 12.8 Å². The summed E-state index contributed by atoms with van der Waals surface area (Å²) in [4.78, 5) is 11.0. The van der Waals surface area contributed by atoms with Gasteiger partial charge in [-0.05, 0) is 39.3 Å². The fourth-order valence-electron chi connectivity index (χ4n) is 3.06. The second kappa shape index (κ2) is 6.39. The summed E-state index contributed by atoms with van der Waals surface area (Å²) >= 11 is 0. The van der Waals surface area contributed by atoms with Crippen molar-refractivity contribution in [3.8, 4) is 0 Å². The van der Waals surface area contributed by atoms with Gasteiger partial charge in [0.15, 0.2) is 5.82 Å². The molecule has 0 spiro atoms. The lowest BCUT2D eigenvalue weighted by atomic mass is 9.99. The third-order valence-corrected chi connectivity index (χ3v) is 4.10. The Morgan fingerprint density at radius 1 is 1.48 bits per heavy atom. The summed E-state index contributed by atoms with van der Waals surface area (Å²) in [5, 5.41) is 3.82. The minimum atomic E-state index is 0.719. The van der Waals surface area contributed by atoms with Crippen LogP contribution < -0.4 is 0 Å². The zero-order valence-electron chi connectivity index (χ0n) is 12.8. The number of nitrogens with zero attached hydrogens (tertiary/aromatic N) is 5. The van der Waals surface area contributed by atoms with Crippen LogP contribution in [0.25, 0.3) is 0 Å². The zero-order chi connectivity index (χ0) is 14.7. The van der Waals surface area contributed by atoms with Crippen LogP contribution in [0.3, 0.4) is 0 Å². The first kappa shape index (κ1) is 14.3. The first-order chi connectivity index (χ1) is 10.2. The summed E-state index contributed by atoms with van der Waals surface area (Å²) < 4.78 is 7.43. The fourth-order valence-corrected chi connectivity index (χ4v) is 3.06. The maximum Gasteiger partial charge on any atom is 0.226 e. The molecule has 0 saturated heterocycles. The number of imidazole rings is 1. The standard InChI is InChI=1S/C15H23N5O/c1-12-17-15(21-18-12)4-3-8-19(2)10-13-5-6-14-16-7-9-20(14)11-13/h7,9,13H,3-6,8,10-11H2,1-2H3/t13-/m0/s1. The fraction of sp³-hybridized carbons (Fsp3) is 0.667. The highest BCUT2D eigenvalue weighted by Crippen LogP contribution is 2.19. The molecule has 2 aromatic heterocycles. The van der Waals surface area contributed by atoms with Gasteiger partial charge >= 0.3 is 0 Å². The molecular weight excluding hydrogens is 266 g/mol. The third kappa shape index (κ3) is 3.69. The van der Waals surface area contributed by atoms with Crippen molar-refractivity contribution in [3.63, 3.8) is 0 Å². The van der Waals surface area contributed by atoms with Crippen molar-refractivity contribution in [1.29, 1.82) is 0 Å². The largest absolute Gasteiger partial charge is 0.339 e. The number of hydrogen-bond acceptors (Lipinski definition) is 5. The van der Waals surface area contributed by atoms with E-state index in [1.54, 1.807) is 0 Å². The maximum atomic E-state index is 5.14. The Morgan fingerprint density at radius 2 is 2.38 bits per heavy atom. The van der Waals surface area contributed by atoms with Gasteiger partial charge in [0, 0.05) is 38.3 Å². The second-order valence-electron chi connectivity index (χ2n) is 6.00. The summed E-state index contributed by atoms with van der Waals surface area (Å²) in [6.07, 6.45) is 8.27. The molecule has 0 bridgehead atoms. The molecule has 114 valence electrons. The molecule has 0 N–H and O–H groups in total. The summed E-state index contributed by atoms with van der Waals surface area (Å²) in [5.41, 5.74) is 0. The summed E-state index contributed by atoms with van der Waals surface area (Å²) in [6.45, 7) is 5.16. The predicted octanol–water partition coefficient (Wildman–Crippen LogP) is 1.70. The Labute approximate surface area is 125 Å². The van der Waals surface area contributed by atoms with Gasteiger partial charge in [0.2, 0.25) is 5.89 Å². The molecule has 3 heterocycles. The average molecular weight is 289 g/mol. The van der Waals surface area contributed by atoms with E-state index >= 15 is 0 Å². The number of fused-ring (bicyclic) bond motifs is 1. The Hall–Kier alpha value is -1.69. The lowest BCUT2D eigenvalue weighted by Gasteiger charge is -2.28. The summed E-state index contributed by atoms with van der Waals surface area (Å²) in [7, 11) is 2.20. The molecule has 0 fully saturated rings. The van der Waals surface area contributed by atoms with Crippen LogP contribution in [-0.2, 0) is 19.4 Å². The van der Waals surface area contributed by atoms with Gasteiger partial charge in [0.1, 0.15) is 5.82 Å². The number of rotatable bonds is 6. The van der Waals surface area contributed by atoms with E-state index in [-0.39, 0.29) is 0 Å². The van der Waals surface area contributed by atoms with Gasteiger partial charge < -0.3 is 14.0 Å². The highest BCUT2D eigenvalue weighted by Gasteiger charge is 2.19. The molecule has 1 aliphatic rings. The van der Waals surface area contributed by atoms with E-state index in [9.17, 15) is 0 Å². The molecule has 0 aliphatic carbocycles. The molecule has 6 heteroatoms. The van der Waals surface area contributed by atoms with Gasteiger partial charge in [-0.1, -0.05) is 5.16 Å². The first-order valence-electron chi connectivity index (χ1n) is 7.68. The molecule has 0 aromatic carbocycles. The van der Waals surface area contributed by atoms with E-state index in [4.69, 9.17) is 4.52 Å². The van der Waals surface area contributed by atoms with Gasteiger partial charge in [-0.3, -0.25) is 0 Å². The minimum absolute atomic E-state index is 0.719. The Balaban J connectivity index is 1.39. The maximum absolute atomic E-state index is 5.14. The van der Waals surface area contributed by atoms with Crippen molar-refractivity contribution >= 4 is 0 Å². The van der Waals surface area contributed by atoms with E-state index in [1.807, 2.05) is 13.1 Å². The minimum Gasteiger partial charge on any atom is -0.339 e. The molecule has 0 radical (unpaired) electrons. The SMILES string of the molecule is Cc1noc(CCCN(C)C[C@@H]2CCc3nccn3C2)n1. The predicted molar refractivity (Wildman–Crippen MR) is 78.9 cm³/mol. The smallest absolute Gasteiger partial charge is 0.226 e. The third-order valence-electron chi connectivity index (χ3n) is 4.10. The molecule has 0 amide bonds. The topological polar surface area (TPSA) is 60.0 Å². The van der Waals surface area contributed by atoms with Crippen molar-refractivity contribution in [2.24, 2.45) is 5.92 Å². The van der Waals surface area contributed by atoms with Crippen molar-refractivity contribution in [1.82, 2.24) is 24.6 Å². The quantitative estimate of drug-likeness (QED) is 0.810. The summed E-state index contributed by atoms with van der Waals surface area (Å²) in [6, 6.07) is 0. The number of aromatic nitrogens is 4. The lowest BCUT2D eigenvalue weighted by Crippen LogP contribution is -2.32. The first-order valence-corrected chi connectivity index (χ1v) is 7.68. The molecule has 1 aliphatic heterocycles. The monoisotopic (exact) mass is 289 g/mol. The van der Waals surface area contributed by atoms with Gasteiger partial charge in [-0.15, -0.1) is 0 Å². The zero-order valence-corrected chi connectivity index (χ0v) is 12.8. The Kier molecular flexibility index (Phi) is 4.34. The van der Waals surface area contributed by atoms with Crippen LogP contribution in [0.15, 0.2) is 16.9 Å². The Morgan fingerprint density at radius 3 is 3.19 bits per heavy atom. The molecule has 3 rings (SSSR count). The normalized spacial score (nSPS) is 18.1. The van der Waals surface area contributed by atoms with Crippen LogP contribution in [0.4, 0.5) is 0 Å².